The molecule has 1 saturated carbocycles. The molecule has 3 nitrogen and oxygen atoms in total. The Balaban J connectivity index is 2.11. The summed E-state index contributed by atoms with van der Waals surface area (Å²) in [5.41, 5.74) is 0. The number of carbonyl (C=O) groups is 1. The minimum atomic E-state index is -0.273. The van der Waals surface area contributed by atoms with E-state index in [1.54, 1.807) is 0 Å². The molecule has 0 aromatic rings. The van der Waals surface area contributed by atoms with Crippen LogP contribution in [0.1, 0.15) is 39.0 Å². The van der Waals surface area contributed by atoms with Gasteiger partial charge in [0, 0.05) is 12.3 Å². The number of aliphatic hydroxyl groups excluding tert-OH is 1. The van der Waals surface area contributed by atoms with Crippen molar-refractivity contribution >= 4 is 5.97 Å². The fourth-order valence-corrected chi connectivity index (χ4v) is 2.82. The normalized spacial score (nSPS) is 43.7. The molecule has 0 aromatic carbocycles. The second kappa shape index (κ2) is 3.89. The van der Waals surface area contributed by atoms with Gasteiger partial charge in [0.15, 0.2) is 0 Å². The molecule has 0 aromatic heterocycles. The predicted molar refractivity (Wildman–Crippen MR) is 51.6 cm³/mol. The van der Waals surface area contributed by atoms with Crippen molar-refractivity contribution in [3.8, 4) is 0 Å². The lowest BCUT2D eigenvalue weighted by Gasteiger charge is -2.29. The van der Waals surface area contributed by atoms with E-state index < -0.39 is 0 Å². The summed E-state index contributed by atoms with van der Waals surface area (Å²) in [6.45, 7) is 2.14. The van der Waals surface area contributed by atoms with Crippen LogP contribution in [0.15, 0.2) is 0 Å². The number of hydrogen-bond donors (Lipinski definition) is 1. The number of aliphatic hydroxyl groups is 1. The molecule has 1 saturated heterocycles. The van der Waals surface area contributed by atoms with Gasteiger partial charge >= 0.3 is 5.97 Å². The fraction of sp³-hybridized carbons (Fsp3) is 0.909. The first kappa shape index (κ1) is 9.97. The number of ether oxygens (including phenoxy) is 1. The SMILES string of the molecule is CC1CCC2OC(=O)CCCC(O)C12. The van der Waals surface area contributed by atoms with E-state index in [1.165, 1.54) is 0 Å². The van der Waals surface area contributed by atoms with Crippen LogP contribution in [0.4, 0.5) is 0 Å². The summed E-state index contributed by atoms with van der Waals surface area (Å²) in [4.78, 5) is 11.3. The number of esters is 1. The number of rotatable bonds is 0. The zero-order valence-corrected chi connectivity index (χ0v) is 8.61. The Bertz CT molecular complexity index is 227. The highest BCUT2D eigenvalue weighted by atomic mass is 16.5. The Morgan fingerprint density at radius 1 is 1.36 bits per heavy atom. The largest absolute Gasteiger partial charge is 0.462 e. The molecule has 0 spiro atoms. The summed E-state index contributed by atoms with van der Waals surface area (Å²) >= 11 is 0. The van der Waals surface area contributed by atoms with Crippen molar-refractivity contribution in [2.75, 3.05) is 0 Å². The van der Waals surface area contributed by atoms with Crippen LogP contribution >= 0.6 is 0 Å². The van der Waals surface area contributed by atoms with Gasteiger partial charge in [-0.3, -0.25) is 4.79 Å². The lowest BCUT2D eigenvalue weighted by Crippen LogP contribution is -2.36. The van der Waals surface area contributed by atoms with Crippen molar-refractivity contribution in [3.05, 3.63) is 0 Å². The topological polar surface area (TPSA) is 46.5 Å². The summed E-state index contributed by atoms with van der Waals surface area (Å²) in [6, 6.07) is 0. The minimum Gasteiger partial charge on any atom is -0.462 e. The molecular weight excluding hydrogens is 180 g/mol. The summed E-state index contributed by atoms with van der Waals surface area (Å²) in [5.74, 6) is 0.584. The highest BCUT2D eigenvalue weighted by Crippen LogP contribution is 2.38. The molecule has 1 aliphatic heterocycles. The van der Waals surface area contributed by atoms with Crippen LogP contribution < -0.4 is 0 Å². The van der Waals surface area contributed by atoms with E-state index in [9.17, 15) is 9.90 Å². The van der Waals surface area contributed by atoms with E-state index in [0.717, 1.165) is 25.7 Å². The Kier molecular flexibility index (Phi) is 2.77. The molecule has 2 aliphatic rings. The van der Waals surface area contributed by atoms with Gasteiger partial charge in [0.1, 0.15) is 6.10 Å². The van der Waals surface area contributed by atoms with Crippen LogP contribution in [0, 0.1) is 11.8 Å². The maximum absolute atomic E-state index is 11.3. The van der Waals surface area contributed by atoms with E-state index in [-0.39, 0.29) is 24.1 Å². The van der Waals surface area contributed by atoms with Crippen molar-refractivity contribution in [2.24, 2.45) is 11.8 Å². The molecule has 0 amide bonds. The van der Waals surface area contributed by atoms with Crippen molar-refractivity contribution in [3.63, 3.8) is 0 Å². The monoisotopic (exact) mass is 198 g/mol. The Hall–Kier alpha value is -0.570. The molecule has 1 heterocycles. The Labute approximate surface area is 84.4 Å². The Morgan fingerprint density at radius 2 is 2.14 bits per heavy atom. The van der Waals surface area contributed by atoms with Crippen LogP contribution in [0.2, 0.25) is 0 Å². The molecule has 80 valence electrons. The molecular formula is C11H18O3. The average molecular weight is 198 g/mol. The average Bonchev–Trinajstić information content (AvgIpc) is 2.44. The second-order valence-electron chi connectivity index (χ2n) is 4.62. The maximum Gasteiger partial charge on any atom is 0.306 e. The highest BCUT2D eigenvalue weighted by Gasteiger charge is 2.41. The quantitative estimate of drug-likeness (QED) is 0.600. The van der Waals surface area contributed by atoms with E-state index in [4.69, 9.17) is 4.74 Å². The molecule has 1 N–H and O–H groups in total. The van der Waals surface area contributed by atoms with Crippen LogP contribution in [0.25, 0.3) is 0 Å². The van der Waals surface area contributed by atoms with E-state index in [0.29, 0.717) is 12.3 Å². The van der Waals surface area contributed by atoms with Gasteiger partial charge in [-0.1, -0.05) is 6.92 Å². The predicted octanol–water partition coefficient (Wildman–Crippen LogP) is 1.49. The fourth-order valence-electron chi connectivity index (χ4n) is 2.82. The van der Waals surface area contributed by atoms with Crippen LogP contribution in [-0.2, 0) is 9.53 Å². The zero-order chi connectivity index (χ0) is 10.1. The first-order chi connectivity index (χ1) is 6.68. The maximum atomic E-state index is 11.3. The van der Waals surface area contributed by atoms with E-state index in [2.05, 4.69) is 6.92 Å². The van der Waals surface area contributed by atoms with Gasteiger partial charge in [0.05, 0.1) is 6.10 Å². The first-order valence-corrected chi connectivity index (χ1v) is 5.56. The third kappa shape index (κ3) is 1.78. The lowest BCUT2D eigenvalue weighted by molar-refractivity contribution is -0.156. The number of fused-ring (bicyclic) bond motifs is 1. The molecule has 0 radical (unpaired) electrons. The third-order valence-corrected chi connectivity index (χ3v) is 3.60. The van der Waals surface area contributed by atoms with Gasteiger partial charge in [0.25, 0.3) is 0 Å². The van der Waals surface area contributed by atoms with E-state index in [1.807, 2.05) is 0 Å². The molecule has 14 heavy (non-hydrogen) atoms. The number of carbonyl (C=O) groups excluding carboxylic acids is 1. The van der Waals surface area contributed by atoms with Crippen LogP contribution in [0.5, 0.6) is 0 Å². The minimum absolute atomic E-state index is 0.0206. The molecule has 0 bridgehead atoms. The molecule has 1 aliphatic carbocycles. The van der Waals surface area contributed by atoms with Gasteiger partial charge < -0.3 is 9.84 Å². The third-order valence-electron chi connectivity index (χ3n) is 3.60. The van der Waals surface area contributed by atoms with Crippen LogP contribution in [0.3, 0.4) is 0 Å². The van der Waals surface area contributed by atoms with Gasteiger partial charge in [-0.05, 0) is 31.6 Å². The first-order valence-electron chi connectivity index (χ1n) is 5.56. The van der Waals surface area contributed by atoms with Gasteiger partial charge in [-0.15, -0.1) is 0 Å². The summed E-state index contributed by atoms with van der Waals surface area (Å²) in [5, 5.41) is 9.95. The molecule has 4 unspecified atom stereocenters. The van der Waals surface area contributed by atoms with Crippen molar-refractivity contribution in [2.45, 2.75) is 51.2 Å². The Morgan fingerprint density at radius 3 is 2.93 bits per heavy atom. The smallest absolute Gasteiger partial charge is 0.306 e. The summed E-state index contributed by atoms with van der Waals surface area (Å²) in [7, 11) is 0. The van der Waals surface area contributed by atoms with Crippen molar-refractivity contribution in [1.82, 2.24) is 0 Å². The standard InChI is InChI=1S/C11H18O3/c1-7-5-6-9-11(7)8(12)3-2-4-10(13)14-9/h7-9,11-12H,2-6H2,1H3. The second-order valence-corrected chi connectivity index (χ2v) is 4.62. The van der Waals surface area contributed by atoms with Crippen molar-refractivity contribution in [1.29, 1.82) is 0 Å². The van der Waals surface area contributed by atoms with E-state index >= 15 is 0 Å². The van der Waals surface area contributed by atoms with Gasteiger partial charge in [-0.2, -0.15) is 0 Å². The molecule has 4 atom stereocenters. The molecule has 3 heteroatoms. The van der Waals surface area contributed by atoms with Gasteiger partial charge in [-0.25, -0.2) is 0 Å². The lowest BCUT2D eigenvalue weighted by atomic mass is 9.87. The molecule has 2 fully saturated rings. The van der Waals surface area contributed by atoms with Crippen LogP contribution in [-0.4, -0.2) is 23.3 Å². The number of hydrogen-bond acceptors (Lipinski definition) is 3. The zero-order valence-electron chi connectivity index (χ0n) is 8.61. The highest BCUT2D eigenvalue weighted by molar-refractivity contribution is 5.69. The summed E-state index contributed by atoms with van der Waals surface area (Å²) < 4.78 is 5.36. The van der Waals surface area contributed by atoms with Crippen molar-refractivity contribution < 1.29 is 14.6 Å². The van der Waals surface area contributed by atoms with Gasteiger partial charge in [0.2, 0.25) is 0 Å². The molecule has 2 rings (SSSR count). The summed E-state index contributed by atoms with van der Waals surface area (Å²) in [6.07, 6.45) is 3.68.